The fraction of sp³-hybridized carbons (Fsp3) is 0.684. The van der Waals surface area contributed by atoms with Gasteiger partial charge in [-0.15, -0.1) is 0 Å². The Labute approximate surface area is 153 Å². The standard InChI is InChI=1S/C19H29F2N3O2/c1-2-16(19(25)26)24(13-10-17(20)21)12-4-3-7-15-9-8-14-6-5-11-22-18(14)23-15/h8-9,16-17H,2-7,10-13H2,1H3,(H,22,23)(H,25,26). The largest absolute Gasteiger partial charge is 0.480 e. The van der Waals surface area contributed by atoms with E-state index >= 15 is 0 Å². The first kappa shape index (κ1) is 20.6. The van der Waals surface area contributed by atoms with E-state index in [1.165, 1.54) is 5.56 Å². The SMILES string of the molecule is CCC(C(=O)O)N(CCCCc1ccc2c(n1)NCCC2)CCC(F)F. The molecule has 1 unspecified atom stereocenters. The van der Waals surface area contributed by atoms with Crippen LogP contribution in [0.1, 0.15) is 50.3 Å². The molecule has 0 saturated heterocycles. The second-order valence-corrected chi connectivity index (χ2v) is 6.78. The quantitative estimate of drug-likeness (QED) is 0.584. The van der Waals surface area contributed by atoms with E-state index in [9.17, 15) is 18.7 Å². The summed E-state index contributed by atoms with van der Waals surface area (Å²) in [6.07, 6.45) is 2.33. The van der Waals surface area contributed by atoms with Gasteiger partial charge < -0.3 is 10.4 Å². The van der Waals surface area contributed by atoms with E-state index in [0.717, 1.165) is 50.2 Å². The highest BCUT2D eigenvalue weighted by Crippen LogP contribution is 2.20. The number of alkyl halides is 2. The summed E-state index contributed by atoms with van der Waals surface area (Å²) < 4.78 is 25.0. The van der Waals surface area contributed by atoms with Crippen molar-refractivity contribution in [3.05, 3.63) is 23.4 Å². The van der Waals surface area contributed by atoms with Crippen LogP contribution in [0.25, 0.3) is 0 Å². The van der Waals surface area contributed by atoms with Gasteiger partial charge in [-0.1, -0.05) is 13.0 Å². The van der Waals surface area contributed by atoms with Gasteiger partial charge in [0.2, 0.25) is 6.43 Å². The highest BCUT2D eigenvalue weighted by atomic mass is 19.3. The highest BCUT2D eigenvalue weighted by Gasteiger charge is 2.24. The molecule has 1 aliphatic heterocycles. The molecule has 2 rings (SSSR count). The second-order valence-electron chi connectivity index (χ2n) is 6.78. The molecule has 0 spiro atoms. The van der Waals surface area contributed by atoms with Crippen LogP contribution in [0.3, 0.4) is 0 Å². The van der Waals surface area contributed by atoms with Gasteiger partial charge in [-0.05, 0) is 56.7 Å². The molecule has 7 heteroatoms. The van der Waals surface area contributed by atoms with Gasteiger partial charge in [-0.3, -0.25) is 9.69 Å². The summed E-state index contributed by atoms with van der Waals surface area (Å²) in [6.45, 7) is 3.36. The number of rotatable bonds is 11. The van der Waals surface area contributed by atoms with Crippen LogP contribution >= 0.6 is 0 Å². The molecule has 1 atom stereocenters. The number of carboxylic acids is 1. The Morgan fingerprint density at radius 1 is 1.35 bits per heavy atom. The number of unbranched alkanes of at least 4 members (excludes halogenated alkanes) is 1. The number of carbonyl (C=O) groups is 1. The summed E-state index contributed by atoms with van der Waals surface area (Å²) in [4.78, 5) is 17.7. The molecule has 0 bridgehead atoms. The summed E-state index contributed by atoms with van der Waals surface area (Å²) in [5, 5.41) is 12.6. The molecule has 1 aliphatic rings. The fourth-order valence-electron chi connectivity index (χ4n) is 3.40. The minimum absolute atomic E-state index is 0.115. The Bertz CT molecular complexity index is 584. The molecule has 2 N–H and O–H groups in total. The van der Waals surface area contributed by atoms with Gasteiger partial charge in [-0.2, -0.15) is 0 Å². The van der Waals surface area contributed by atoms with Crippen LogP contribution in [0.4, 0.5) is 14.6 Å². The predicted octanol–water partition coefficient (Wildman–Crippen LogP) is 3.58. The molecule has 0 saturated carbocycles. The number of halogens is 2. The van der Waals surface area contributed by atoms with Gasteiger partial charge in [0, 0.05) is 25.2 Å². The number of aromatic nitrogens is 1. The first-order chi connectivity index (χ1) is 12.5. The lowest BCUT2D eigenvalue weighted by atomic mass is 10.1. The van der Waals surface area contributed by atoms with Crippen molar-refractivity contribution in [2.24, 2.45) is 0 Å². The van der Waals surface area contributed by atoms with E-state index in [1.54, 1.807) is 11.8 Å². The number of pyridine rings is 1. The molecular formula is C19H29F2N3O2. The maximum Gasteiger partial charge on any atom is 0.320 e. The van der Waals surface area contributed by atoms with Gasteiger partial charge in [-0.25, -0.2) is 13.8 Å². The third-order valence-electron chi connectivity index (χ3n) is 4.83. The fourth-order valence-corrected chi connectivity index (χ4v) is 3.40. The zero-order valence-corrected chi connectivity index (χ0v) is 15.4. The smallest absolute Gasteiger partial charge is 0.320 e. The van der Waals surface area contributed by atoms with Crippen LogP contribution < -0.4 is 5.32 Å². The number of aryl methyl sites for hydroxylation is 2. The number of hydrogen-bond donors (Lipinski definition) is 2. The van der Waals surface area contributed by atoms with E-state index in [-0.39, 0.29) is 13.0 Å². The lowest BCUT2D eigenvalue weighted by Crippen LogP contribution is -2.42. The number of hydrogen-bond acceptors (Lipinski definition) is 4. The number of nitrogens with zero attached hydrogens (tertiary/aromatic N) is 2. The topological polar surface area (TPSA) is 65.5 Å². The first-order valence-electron chi connectivity index (χ1n) is 9.49. The van der Waals surface area contributed by atoms with Gasteiger partial charge >= 0.3 is 5.97 Å². The van der Waals surface area contributed by atoms with Crippen LogP contribution in [0.15, 0.2) is 12.1 Å². The van der Waals surface area contributed by atoms with Crippen LogP contribution in [0, 0.1) is 0 Å². The zero-order valence-electron chi connectivity index (χ0n) is 15.4. The summed E-state index contributed by atoms with van der Waals surface area (Å²) >= 11 is 0. The highest BCUT2D eigenvalue weighted by molar-refractivity contribution is 5.73. The van der Waals surface area contributed by atoms with Gasteiger partial charge in [0.05, 0.1) is 0 Å². The van der Waals surface area contributed by atoms with Crippen molar-refractivity contribution in [1.29, 1.82) is 0 Å². The van der Waals surface area contributed by atoms with Gasteiger partial charge in [0.1, 0.15) is 11.9 Å². The minimum atomic E-state index is -2.41. The first-order valence-corrected chi connectivity index (χ1v) is 9.49. The number of fused-ring (bicyclic) bond motifs is 1. The molecule has 1 aromatic rings. The summed E-state index contributed by atoms with van der Waals surface area (Å²) in [7, 11) is 0. The Hall–Kier alpha value is -1.76. The average molecular weight is 369 g/mol. The second kappa shape index (κ2) is 10.4. The molecule has 0 fully saturated rings. The lowest BCUT2D eigenvalue weighted by Gasteiger charge is -2.28. The van der Waals surface area contributed by atoms with Crippen molar-refractivity contribution in [2.45, 2.75) is 64.3 Å². The molecule has 0 amide bonds. The maximum absolute atomic E-state index is 12.5. The van der Waals surface area contributed by atoms with Crippen LogP contribution in [-0.2, 0) is 17.6 Å². The van der Waals surface area contributed by atoms with E-state index in [0.29, 0.717) is 13.0 Å². The van der Waals surface area contributed by atoms with Crippen LogP contribution in [0.5, 0.6) is 0 Å². The molecule has 5 nitrogen and oxygen atoms in total. The number of carboxylic acid groups (broad SMARTS) is 1. The molecule has 0 aromatic carbocycles. The molecule has 2 heterocycles. The lowest BCUT2D eigenvalue weighted by molar-refractivity contribution is -0.143. The molecule has 1 aromatic heterocycles. The van der Waals surface area contributed by atoms with Crippen LogP contribution in [0.2, 0.25) is 0 Å². The van der Waals surface area contributed by atoms with Crippen molar-refractivity contribution >= 4 is 11.8 Å². The maximum atomic E-state index is 12.5. The average Bonchev–Trinajstić information content (AvgIpc) is 2.62. The molecule has 26 heavy (non-hydrogen) atoms. The number of aliphatic carboxylic acids is 1. The predicted molar refractivity (Wildman–Crippen MR) is 97.9 cm³/mol. The van der Waals surface area contributed by atoms with Crippen molar-refractivity contribution in [1.82, 2.24) is 9.88 Å². The number of nitrogens with one attached hydrogen (secondary N) is 1. The van der Waals surface area contributed by atoms with Gasteiger partial charge in [0.15, 0.2) is 0 Å². The van der Waals surface area contributed by atoms with Crippen molar-refractivity contribution in [3.63, 3.8) is 0 Å². The Kier molecular flexibility index (Phi) is 8.22. The van der Waals surface area contributed by atoms with E-state index in [1.807, 2.05) is 6.07 Å². The minimum Gasteiger partial charge on any atom is -0.480 e. The van der Waals surface area contributed by atoms with E-state index in [4.69, 9.17) is 0 Å². The van der Waals surface area contributed by atoms with Crippen molar-refractivity contribution in [2.75, 3.05) is 25.0 Å². The summed E-state index contributed by atoms with van der Waals surface area (Å²) in [6, 6.07) is 3.47. The Morgan fingerprint density at radius 2 is 2.15 bits per heavy atom. The molecule has 0 radical (unpaired) electrons. The summed E-state index contributed by atoms with van der Waals surface area (Å²) in [5.41, 5.74) is 2.27. The number of anilines is 1. The van der Waals surface area contributed by atoms with Crippen LogP contribution in [-0.4, -0.2) is 53.1 Å². The van der Waals surface area contributed by atoms with Gasteiger partial charge in [0.25, 0.3) is 0 Å². The van der Waals surface area contributed by atoms with E-state index in [2.05, 4.69) is 16.4 Å². The van der Waals surface area contributed by atoms with Crippen molar-refractivity contribution in [3.8, 4) is 0 Å². The third kappa shape index (κ3) is 6.20. The molecular weight excluding hydrogens is 340 g/mol. The molecule has 0 aliphatic carbocycles. The normalized spacial score (nSPS) is 15.0. The Morgan fingerprint density at radius 3 is 2.85 bits per heavy atom. The summed E-state index contributed by atoms with van der Waals surface area (Å²) in [5.74, 6) is 0.0356. The van der Waals surface area contributed by atoms with E-state index < -0.39 is 18.4 Å². The van der Waals surface area contributed by atoms with Crippen molar-refractivity contribution < 1.29 is 18.7 Å². The monoisotopic (exact) mass is 369 g/mol. The molecule has 146 valence electrons. The Balaban J connectivity index is 1.83. The zero-order chi connectivity index (χ0) is 18.9. The third-order valence-corrected chi connectivity index (χ3v) is 4.83.